The Balaban J connectivity index is 1.43. The molecule has 1 aromatic heterocycles. The second-order valence-corrected chi connectivity index (χ2v) is 6.61. The fourth-order valence-corrected chi connectivity index (χ4v) is 3.17. The molecule has 0 aliphatic carbocycles. The number of hydrogen-bond acceptors (Lipinski definition) is 4. The van der Waals surface area contributed by atoms with Gasteiger partial charge >= 0.3 is 5.97 Å². The Bertz CT molecular complexity index is 1230. The number of amides is 1. The molecular formula is C24H18N2O4. The van der Waals surface area contributed by atoms with Crippen molar-refractivity contribution in [2.45, 2.75) is 0 Å². The molecule has 3 aromatic carbocycles. The van der Waals surface area contributed by atoms with E-state index in [9.17, 15) is 14.4 Å². The average Bonchev–Trinajstić information content (AvgIpc) is 3.22. The third-order valence-electron chi connectivity index (χ3n) is 4.63. The molecule has 0 radical (unpaired) electrons. The lowest BCUT2D eigenvalue weighted by Gasteiger charge is -2.11. The lowest BCUT2D eigenvalue weighted by molar-refractivity contribution is -0.119. The standard InChI is InChI=1S/C24H18N2O4/c27-22(15-30-24(29)19-14-25-20-12-6-4-10-17(19)20)26-21-13-7-5-11-18(21)23(28)16-8-2-1-3-9-16/h1-14,25H,15H2,(H,26,27). The van der Waals surface area contributed by atoms with Gasteiger partial charge in [0.15, 0.2) is 12.4 Å². The highest BCUT2D eigenvalue weighted by atomic mass is 16.5. The van der Waals surface area contributed by atoms with Crippen molar-refractivity contribution in [2.75, 3.05) is 11.9 Å². The molecule has 0 saturated heterocycles. The van der Waals surface area contributed by atoms with Crippen molar-refractivity contribution in [3.8, 4) is 0 Å². The van der Waals surface area contributed by atoms with Gasteiger partial charge in [-0.1, -0.05) is 60.7 Å². The molecule has 0 atom stereocenters. The number of para-hydroxylation sites is 2. The van der Waals surface area contributed by atoms with Crippen molar-refractivity contribution in [3.05, 3.63) is 102 Å². The zero-order chi connectivity index (χ0) is 20.9. The molecule has 1 heterocycles. The Kier molecular flexibility index (Phi) is 5.39. The number of carbonyl (C=O) groups excluding carboxylic acids is 3. The summed E-state index contributed by atoms with van der Waals surface area (Å²) in [7, 11) is 0. The number of fused-ring (bicyclic) bond motifs is 1. The van der Waals surface area contributed by atoms with E-state index in [-0.39, 0.29) is 5.78 Å². The fraction of sp³-hybridized carbons (Fsp3) is 0.0417. The van der Waals surface area contributed by atoms with Gasteiger partial charge < -0.3 is 15.0 Å². The van der Waals surface area contributed by atoms with Crippen molar-refractivity contribution in [3.63, 3.8) is 0 Å². The highest BCUT2D eigenvalue weighted by Gasteiger charge is 2.17. The molecule has 2 N–H and O–H groups in total. The van der Waals surface area contributed by atoms with Crippen LogP contribution in [0.3, 0.4) is 0 Å². The van der Waals surface area contributed by atoms with Crippen LogP contribution < -0.4 is 5.32 Å². The molecule has 148 valence electrons. The number of H-pyrrole nitrogens is 1. The fourth-order valence-electron chi connectivity index (χ4n) is 3.17. The highest BCUT2D eigenvalue weighted by Crippen LogP contribution is 2.20. The number of carbonyl (C=O) groups is 3. The zero-order valence-corrected chi connectivity index (χ0v) is 15.9. The van der Waals surface area contributed by atoms with Crippen molar-refractivity contribution < 1.29 is 19.1 Å². The minimum absolute atomic E-state index is 0.206. The number of rotatable bonds is 6. The van der Waals surface area contributed by atoms with Crippen LogP contribution in [0.1, 0.15) is 26.3 Å². The SMILES string of the molecule is O=C(COC(=O)c1c[nH]c2ccccc12)Nc1ccccc1C(=O)c1ccccc1. The number of aromatic amines is 1. The summed E-state index contributed by atoms with van der Waals surface area (Å²) in [6.07, 6.45) is 1.55. The molecule has 0 fully saturated rings. The summed E-state index contributed by atoms with van der Waals surface area (Å²) in [5, 5.41) is 3.38. The molecule has 1 amide bonds. The number of hydrogen-bond donors (Lipinski definition) is 2. The molecule has 6 heteroatoms. The van der Waals surface area contributed by atoms with Crippen LogP contribution in [0.5, 0.6) is 0 Å². The number of esters is 1. The highest BCUT2D eigenvalue weighted by molar-refractivity contribution is 6.14. The van der Waals surface area contributed by atoms with Crippen LogP contribution in [0.15, 0.2) is 85.1 Å². The van der Waals surface area contributed by atoms with E-state index in [0.29, 0.717) is 22.4 Å². The molecule has 0 aliphatic heterocycles. The van der Waals surface area contributed by atoms with Crippen LogP contribution in [0.4, 0.5) is 5.69 Å². The van der Waals surface area contributed by atoms with Gasteiger partial charge in [0.2, 0.25) is 0 Å². The van der Waals surface area contributed by atoms with E-state index < -0.39 is 18.5 Å². The van der Waals surface area contributed by atoms with E-state index in [1.165, 1.54) is 0 Å². The number of ether oxygens (including phenoxy) is 1. The van der Waals surface area contributed by atoms with Crippen LogP contribution in [0.2, 0.25) is 0 Å². The summed E-state index contributed by atoms with van der Waals surface area (Å²) in [6, 6.07) is 22.8. The van der Waals surface area contributed by atoms with Crippen molar-refractivity contribution >= 4 is 34.3 Å². The van der Waals surface area contributed by atoms with Crippen LogP contribution in [-0.2, 0) is 9.53 Å². The quantitative estimate of drug-likeness (QED) is 0.376. The smallest absolute Gasteiger partial charge is 0.340 e. The predicted octanol–water partition coefficient (Wildman–Crippen LogP) is 4.19. The maximum Gasteiger partial charge on any atom is 0.340 e. The van der Waals surface area contributed by atoms with Gasteiger partial charge in [-0.3, -0.25) is 9.59 Å². The Morgan fingerprint density at radius 1 is 0.800 bits per heavy atom. The largest absolute Gasteiger partial charge is 0.452 e. The Morgan fingerprint density at radius 2 is 1.50 bits per heavy atom. The first-order valence-corrected chi connectivity index (χ1v) is 9.35. The number of ketones is 1. The number of nitrogens with one attached hydrogen (secondary N) is 2. The molecule has 4 rings (SSSR count). The Labute approximate surface area is 172 Å². The number of anilines is 1. The van der Waals surface area contributed by atoms with E-state index in [0.717, 1.165) is 10.9 Å². The summed E-state index contributed by atoms with van der Waals surface area (Å²) in [4.78, 5) is 40.5. The molecular weight excluding hydrogens is 380 g/mol. The van der Waals surface area contributed by atoms with Gasteiger partial charge in [0.1, 0.15) is 0 Å². The molecule has 0 aliphatic rings. The Morgan fingerprint density at radius 3 is 2.33 bits per heavy atom. The normalized spacial score (nSPS) is 10.5. The van der Waals surface area contributed by atoms with Gasteiger partial charge in [-0.2, -0.15) is 0 Å². The first-order chi connectivity index (χ1) is 14.6. The van der Waals surface area contributed by atoms with Crippen molar-refractivity contribution in [1.29, 1.82) is 0 Å². The average molecular weight is 398 g/mol. The van der Waals surface area contributed by atoms with E-state index >= 15 is 0 Å². The lowest BCUT2D eigenvalue weighted by atomic mass is 10.0. The molecule has 4 aromatic rings. The summed E-state index contributed by atoms with van der Waals surface area (Å²) in [5.74, 6) is -1.34. The molecule has 0 saturated carbocycles. The van der Waals surface area contributed by atoms with E-state index in [2.05, 4.69) is 10.3 Å². The zero-order valence-electron chi connectivity index (χ0n) is 15.9. The first kappa shape index (κ1) is 19.1. The van der Waals surface area contributed by atoms with E-state index in [1.54, 1.807) is 60.8 Å². The number of benzene rings is 3. The minimum atomic E-state index is -0.601. The van der Waals surface area contributed by atoms with Gasteiger partial charge in [-0.05, 0) is 18.2 Å². The number of aromatic nitrogens is 1. The van der Waals surface area contributed by atoms with Crippen LogP contribution in [0, 0.1) is 0 Å². The maximum atomic E-state index is 12.8. The topological polar surface area (TPSA) is 88.3 Å². The molecule has 6 nitrogen and oxygen atoms in total. The second-order valence-electron chi connectivity index (χ2n) is 6.61. The first-order valence-electron chi connectivity index (χ1n) is 9.35. The van der Waals surface area contributed by atoms with E-state index in [4.69, 9.17) is 4.74 Å². The van der Waals surface area contributed by atoms with Gasteiger partial charge in [0.25, 0.3) is 5.91 Å². The van der Waals surface area contributed by atoms with Crippen molar-refractivity contribution in [2.24, 2.45) is 0 Å². The molecule has 0 spiro atoms. The van der Waals surface area contributed by atoms with Crippen LogP contribution in [0.25, 0.3) is 10.9 Å². The summed E-state index contributed by atoms with van der Waals surface area (Å²) < 4.78 is 5.16. The minimum Gasteiger partial charge on any atom is -0.452 e. The monoisotopic (exact) mass is 398 g/mol. The molecule has 30 heavy (non-hydrogen) atoms. The van der Waals surface area contributed by atoms with Gasteiger partial charge in [-0.15, -0.1) is 0 Å². The van der Waals surface area contributed by atoms with Crippen LogP contribution >= 0.6 is 0 Å². The van der Waals surface area contributed by atoms with Crippen LogP contribution in [-0.4, -0.2) is 29.3 Å². The summed E-state index contributed by atoms with van der Waals surface area (Å²) >= 11 is 0. The van der Waals surface area contributed by atoms with Gasteiger partial charge in [0, 0.05) is 28.2 Å². The second kappa shape index (κ2) is 8.45. The van der Waals surface area contributed by atoms with Gasteiger partial charge in [-0.25, -0.2) is 4.79 Å². The predicted molar refractivity (Wildman–Crippen MR) is 114 cm³/mol. The third kappa shape index (κ3) is 3.98. The molecule has 0 bridgehead atoms. The maximum absolute atomic E-state index is 12.8. The molecule has 0 unspecified atom stereocenters. The van der Waals surface area contributed by atoms with Gasteiger partial charge in [0.05, 0.1) is 11.3 Å². The van der Waals surface area contributed by atoms with Crippen molar-refractivity contribution in [1.82, 2.24) is 4.98 Å². The summed E-state index contributed by atoms with van der Waals surface area (Å²) in [5.41, 5.74) is 2.41. The van der Waals surface area contributed by atoms with E-state index in [1.807, 2.05) is 24.3 Å². The lowest BCUT2D eigenvalue weighted by Crippen LogP contribution is -2.22. The summed E-state index contributed by atoms with van der Waals surface area (Å²) in [6.45, 7) is -0.466. The Hall–Kier alpha value is -4.19. The third-order valence-corrected chi connectivity index (χ3v) is 4.63.